The van der Waals surface area contributed by atoms with Crippen LogP contribution in [0, 0.1) is 12.3 Å². The summed E-state index contributed by atoms with van der Waals surface area (Å²) in [5.74, 6) is -0.0106. The number of amides is 1. The third-order valence-electron chi connectivity index (χ3n) is 2.85. The Balaban J connectivity index is 2.67. The number of benzene rings is 1. The molecular weight excluding hydrogens is 224 g/mol. The summed E-state index contributed by atoms with van der Waals surface area (Å²) in [6.07, 6.45) is 0.972. The lowest BCUT2D eigenvalue weighted by Crippen LogP contribution is -2.27. The van der Waals surface area contributed by atoms with E-state index in [1.807, 2.05) is 32.2 Å². The van der Waals surface area contributed by atoms with Crippen LogP contribution in [0.2, 0.25) is 0 Å². The fourth-order valence-corrected chi connectivity index (χ4v) is 1.71. The topological polar surface area (TPSA) is 41.1 Å². The second kappa shape index (κ2) is 5.89. The number of aryl methyl sites for hydroxylation is 1. The first-order chi connectivity index (χ1) is 8.33. The van der Waals surface area contributed by atoms with Crippen molar-refractivity contribution in [3.8, 4) is 0 Å². The van der Waals surface area contributed by atoms with Gasteiger partial charge in [0, 0.05) is 19.3 Å². The van der Waals surface area contributed by atoms with E-state index in [9.17, 15) is 4.79 Å². The zero-order valence-corrected chi connectivity index (χ0v) is 12.1. The Morgan fingerprint density at radius 3 is 2.50 bits per heavy atom. The van der Waals surface area contributed by atoms with Crippen molar-refractivity contribution >= 4 is 11.6 Å². The summed E-state index contributed by atoms with van der Waals surface area (Å²) in [6, 6.07) is 5.81. The molecule has 1 aromatic rings. The minimum absolute atomic E-state index is 0.0106. The minimum Gasteiger partial charge on any atom is -0.387 e. The Kier molecular flexibility index (Phi) is 4.76. The average molecular weight is 248 g/mol. The molecule has 0 saturated heterocycles. The van der Waals surface area contributed by atoms with Gasteiger partial charge in [0.25, 0.3) is 5.91 Å². The van der Waals surface area contributed by atoms with Gasteiger partial charge in [0.05, 0.1) is 5.56 Å². The highest BCUT2D eigenvalue weighted by atomic mass is 16.1. The van der Waals surface area contributed by atoms with Crippen LogP contribution in [0.15, 0.2) is 18.2 Å². The summed E-state index contributed by atoms with van der Waals surface area (Å²) < 4.78 is 0. The standard InChI is InChI=1S/C15H24N2O/c1-11-6-7-12(13(10-11)16-5)14(18)17-9-8-15(2,3)4/h6-7,10,16H,8-9H2,1-5H3,(H,17,18). The molecule has 0 aromatic heterocycles. The van der Waals surface area contributed by atoms with E-state index < -0.39 is 0 Å². The van der Waals surface area contributed by atoms with Gasteiger partial charge in [0.1, 0.15) is 0 Å². The molecule has 3 heteroatoms. The molecule has 0 heterocycles. The fraction of sp³-hybridized carbons (Fsp3) is 0.533. The SMILES string of the molecule is CNc1cc(C)ccc1C(=O)NCCC(C)(C)C. The molecular formula is C15H24N2O. The second-order valence-electron chi connectivity index (χ2n) is 5.87. The molecule has 100 valence electrons. The van der Waals surface area contributed by atoms with Crippen molar-refractivity contribution in [1.29, 1.82) is 0 Å². The van der Waals surface area contributed by atoms with Crippen LogP contribution in [0.3, 0.4) is 0 Å². The molecule has 0 unspecified atom stereocenters. The molecule has 1 aromatic carbocycles. The molecule has 0 atom stereocenters. The Morgan fingerprint density at radius 1 is 1.28 bits per heavy atom. The molecule has 0 radical (unpaired) electrons. The molecule has 3 nitrogen and oxygen atoms in total. The molecule has 1 rings (SSSR count). The lowest BCUT2D eigenvalue weighted by molar-refractivity contribution is 0.0950. The highest BCUT2D eigenvalue weighted by molar-refractivity contribution is 5.99. The number of nitrogens with one attached hydrogen (secondary N) is 2. The van der Waals surface area contributed by atoms with Gasteiger partial charge in [-0.3, -0.25) is 4.79 Å². The summed E-state index contributed by atoms with van der Waals surface area (Å²) in [5, 5.41) is 6.03. The molecule has 1 amide bonds. The van der Waals surface area contributed by atoms with E-state index in [1.165, 1.54) is 0 Å². The van der Waals surface area contributed by atoms with Gasteiger partial charge in [-0.25, -0.2) is 0 Å². The van der Waals surface area contributed by atoms with Gasteiger partial charge in [-0.1, -0.05) is 26.8 Å². The van der Waals surface area contributed by atoms with Gasteiger partial charge >= 0.3 is 0 Å². The van der Waals surface area contributed by atoms with E-state index in [0.717, 1.165) is 17.7 Å². The normalized spacial score (nSPS) is 11.2. The molecule has 0 bridgehead atoms. The molecule has 0 fully saturated rings. The van der Waals surface area contributed by atoms with Crippen molar-refractivity contribution < 1.29 is 4.79 Å². The first-order valence-corrected chi connectivity index (χ1v) is 6.40. The summed E-state index contributed by atoms with van der Waals surface area (Å²) >= 11 is 0. The molecule has 2 N–H and O–H groups in total. The van der Waals surface area contributed by atoms with Crippen LogP contribution in [-0.2, 0) is 0 Å². The summed E-state index contributed by atoms with van der Waals surface area (Å²) in [4.78, 5) is 12.1. The lowest BCUT2D eigenvalue weighted by atomic mass is 9.92. The van der Waals surface area contributed by atoms with Gasteiger partial charge in [-0.05, 0) is 36.5 Å². The molecule has 0 aliphatic carbocycles. The van der Waals surface area contributed by atoms with Crippen molar-refractivity contribution in [2.24, 2.45) is 5.41 Å². The van der Waals surface area contributed by atoms with E-state index in [2.05, 4.69) is 31.4 Å². The molecule has 0 saturated carbocycles. The maximum atomic E-state index is 12.1. The van der Waals surface area contributed by atoms with Gasteiger partial charge in [-0.15, -0.1) is 0 Å². The fourth-order valence-electron chi connectivity index (χ4n) is 1.71. The van der Waals surface area contributed by atoms with Crippen LogP contribution < -0.4 is 10.6 Å². The first kappa shape index (κ1) is 14.6. The maximum absolute atomic E-state index is 12.1. The summed E-state index contributed by atoms with van der Waals surface area (Å²) in [5.41, 5.74) is 2.97. The van der Waals surface area contributed by atoms with Crippen molar-refractivity contribution in [1.82, 2.24) is 5.32 Å². The minimum atomic E-state index is -0.0106. The average Bonchev–Trinajstić information content (AvgIpc) is 2.26. The predicted octanol–water partition coefficient (Wildman–Crippen LogP) is 3.20. The van der Waals surface area contributed by atoms with Crippen LogP contribution in [0.1, 0.15) is 43.1 Å². The first-order valence-electron chi connectivity index (χ1n) is 6.40. The van der Waals surface area contributed by atoms with E-state index in [0.29, 0.717) is 12.1 Å². The number of hydrogen-bond donors (Lipinski definition) is 2. The number of anilines is 1. The third-order valence-corrected chi connectivity index (χ3v) is 2.85. The summed E-state index contributed by atoms with van der Waals surface area (Å²) in [7, 11) is 1.83. The van der Waals surface area contributed by atoms with Crippen molar-refractivity contribution in [2.75, 3.05) is 18.9 Å². The van der Waals surface area contributed by atoms with Crippen LogP contribution >= 0.6 is 0 Å². The second-order valence-corrected chi connectivity index (χ2v) is 5.87. The van der Waals surface area contributed by atoms with E-state index in [-0.39, 0.29) is 11.3 Å². The maximum Gasteiger partial charge on any atom is 0.253 e. The highest BCUT2D eigenvalue weighted by Gasteiger charge is 2.13. The number of carbonyl (C=O) groups is 1. The Bertz CT molecular complexity index is 419. The van der Waals surface area contributed by atoms with Crippen LogP contribution in [0.25, 0.3) is 0 Å². The molecule has 18 heavy (non-hydrogen) atoms. The third kappa shape index (κ3) is 4.40. The monoisotopic (exact) mass is 248 g/mol. The van der Waals surface area contributed by atoms with Crippen molar-refractivity contribution in [3.63, 3.8) is 0 Å². The van der Waals surface area contributed by atoms with E-state index >= 15 is 0 Å². The Hall–Kier alpha value is -1.51. The van der Waals surface area contributed by atoms with Gasteiger partial charge < -0.3 is 10.6 Å². The Morgan fingerprint density at radius 2 is 1.94 bits per heavy atom. The van der Waals surface area contributed by atoms with Crippen LogP contribution in [0.5, 0.6) is 0 Å². The van der Waals surface area contributed by atoms with Gasteiger partial charge in [0.2, 0.25) is 0 Å². The van der Waals surface area contributed by atoms with E-state index in [4.69, 9.17) is 0 Å². The summed E-state index contributed by atoms with van der Waals surface area (Å²) in [6.45, 7) is 9.24. The van der Waals surface area contributed by atoms with Crippen LogP contribution in [0.4, 0.5) is 5.69 Å². The van der Waals surface area contributed by atoms with Gasteiger partial charge in [-0.2, -0.15) is 0 Å². The van der Waals surface area contributed by atoms with Crippen LogP contribution in [-0.4, -0.2) is 19.5 Å². The van der Waals surface area contributed by atoms with Crippen molar-refractivity contribution in [3.05, 3.63) is 29.3 Å². The Labute approximate surface area is 110 Å². The quantitative estimate of drug-likeness (QED) is 0.859. The van der Waals surface area contributed by atoms with E-state index in [1.54, 1.807) is 0 Å². The molecule has 0 spiro atoms. The number of carbonyl (C=O) groups excluding carboxylic acids is 1. The molecule has 0 aliphatic rings. The lowest BCUT2D eigenvalue weighted by Gasteiger charge is -2.18. The zero-order chi connectivity index (χ0) is 13.8. The highest BCUT2D eigenvalue weighted by Crippen LogP contribution is 2.19. The number of hydrogen-bond acceptors (Lipinski definition) is 2. The number of rotatable bonds is 4. The molecule has 0 aliphatic heterocycles. The zero-order valence-electron chi connectivity index (χ0n) is 12.1. The van der Waals surface area contributed by atoms with Gasteiger partial charge in [0.15, 0.2) is 0 Å². The van der Waals surface area contributed by atoms with Crippen molar-refractivity contribution in [2.45, 2.75) is 34.1 Å². The smallest absolute Gasteiger partial charge is 0.253 e. The largest absolute Gasteiger partial charge is 0.387 e. The predicted molar refractivity (Wildman–Crippen MR) is 77.1 cm³/mol.